The lowest BCUT2D eigenvalue weighted by Gasteiger charge is -2.21. The summed E-state index contributed by atoms with van der Waals surface area (Å²) in [6.07, 6.45) is 2.24. The van der Waals surface area contributed by atoms with E-state index in [1.165, 1.54) is 12.8 Å². The number of hydrogen-bond acceptors (Lipinski definition) is 12. The summed E-state index contributed by atoms with van der Waals surface area (Å²) in [5.41, 5.74) is 2.73. The first-order chi connectivity index (χ1) is 20.8. The molecule has 0 saturated heterocycles. The van der Waals surface area contributed by atoms with Gasteiger partial charge >= 0.3 is 0 Å². The molecule has 0 spiro atoms. The first kappa shape index (κ1) is 31.6. The number of halogens is 1. The minimum atomic E-state index is -1.09. The number of benzene rings is 1. The molecule has 6 rings (SSSR count). The molecule has 13 heteroatoms. The van der Waals surface area contributed by atoms with Crippen molar-refractivity contribution in [1.82, 2.24) is 15.0 Å². The third-order valence-electron chi connectivity index (χ3n) is 8.10. The Morgan fingerprint density at radius 3 is 2.41 bits per heavy atom. The molecule has 2 aliphatic carbocycles. The molecule has 3 heterocycles. The molecule has 0 unspecified atom stereocenters. The van der Waals surface area contributed by atoms with E-state index in [1.54, 1.807) is 26.5 Å². The zero-order valence-electron chi connectivity index (χ0n) is 24.8. The van der Waals surface area contributed by atoms with E-state index in [2.05, 4.69) is 15.6 Å². The maximum Gasteiger partial charge on any atom is 0.225 e. The first-order valence-electron chi connectivity index (χ1n) is 14.5. The molecule has 3 aromatic heterocycles. The number of ether oxygens (including phenoxy) is 3. The topological polar surface area (TPSA) is 164 Å². The van der Waals surface area contributed by atoms with Gasteiger partial charge in [-0.3, -0.25) is 0 Å². The van der Waals surface area contributed by atoms with Crippen LogP contribution in [-0.4, -0.2) is 76.0 Å². The highest BCUT2D eigenvalue weighted by Crippen LogP contribution is 2.38. The predicted octanol–water partition coefficient (Wildman–Crippen LogP) is 3.95. The molecular weight excluding hydrogens is 590 g/mol. The van der Waals surface area contributed by atoms with Gasteiger partial charge in [0.05, 0.1) is 50.4 Å². The number of pyridine rings is 1. The van der Waals surface area contributed by atoms with Crippen molar-refractivity contribution >= 4 is 35.1 Å². The number of fused-ring (bicyclic) bond motifs is 1. The van der Waals surface area contributed by atoms with E-state index in [4.69, 9.17) is 28.6 Å². The fourth-order valence-corrected chi connectivity index (χ4v) is 5.44. The Bertz CT molecular complexity index is 1580. The van der Waals surface area contributed by atoms with E-state index in [0.717, 1.165) is 10.9 Å². The Morgan fingerprint density at radius 1 is 1.00 bits per heavy atom. The summed E-state index contributed by atoms with van der Waals surface area (Å²) in [4.78, 5) is 13.9. The molecule has 0 aliphatic heterocycles. The number of nitrogens with one attached hydrogen (secondary N) is 2. The molecule has 2 saturated carbocycles. The normalized spacial score (nSPS) is 21.1. The van der Waals surface area contributed by atoms with Gasteiger partial charge in [0.1, 0.15) is 29.2 Å². The number of hydrogen-bond donors (Lipinski definition) is 5. The zero-order valence-corrected chi connectivity index (χ0v) is 25.6. The van der Waals surface area contributed by atoms with Crippen LogP contribution < -0.4 is 24.8 Å². The fraction of sp³-hybridized carbons (Fsp3) is 0.452. The first-order valence-corrected chi connectivity index (χ1v) is 14.5. The number of furan rings is 1. The average Bonchev–Trinajstić information content (AvgIpc) is 3.70. The summed E-state index contributed by atoms with van der Waals surface area (Å²) < 4.78 is 22.8. The van der Waals surface area contributed by atoms with Crippen LogP contribution in [0.4, 0.5) is 11.8 Å². The number of aliphatic hydroxyl groups is 3. The van der Waals surface area contributed by atoms with Crippen LogP contribution in [0.5, 0.6) is 17.4 Å². The van der Waals surface area contributed by atoms with Gasteiger partial charge in [0.25, 0.3) is 0 Å². The van der Waals surface area contributed by atoms with E-state index in [1.807, 2.05) is 31.2 Å². The van der Waals surface area contributed by atoms with Crippen molar-refractivity contribution in [2.75, 3.05) is 38.1 Å². The van der Waals surface area contributed by atoms with Crippen LogP contribution in [0.2, 0.25) is 0 Å². The molecule has 12 nitrogen and oxygen atoms in total. The second-order valence-corrected chi connectivity index (χ2v) is 11.3. The van der Waals surface area contributed by atoms with Gasteiger partial charge in [-0.1, -0.05) is 0 Å². The molecule has 5 N–H and O–H groups in total. The second kappa shape index (κ2) is 13.4. The lowest BCUT2D eigenvalue weighted by Crippen LogP contribution is -2.35. The molecule has 236 valence electrons. The zero-order chi connectivity index (χ0) is 30.1. The van der Waals surface area contributed by atoms with Gasteiger partial charge < -0.3 is 44.6 Å². The van der Waals surface area contributed by atoms with Crippen LogP contribution in [0.25, 0.3) is 22.3 Å². The summed E-state index contributed by atoms with van der Waals surface area (Å²) in [6, 6.07) is 8.79. The highest BCUT2D eigenvalue weighted by atomic mass is 35.5. The molecular formula is C31H38ClN5O7. The van der Waals surface area contributed by atoms with Crippen molar-refractivity contribution in [2.24, 2.45) is 11.8 Å². The van der Waals surface area contributed by atoms with Crippen molar-refractivity contribution in [2.45, 2.75) is 51.0 Å². The lowest BCUT2D eigenvalue weighted by atomic mass is 10.1. The molecule has 2 aliphatic rings. The monoisotopic (exact) mass is 627 g/mol. The van der Waals surface area contributed by atoms with Gasteiger partial charge in [-0.25, -0.2) is 9.97 Å². The minimum absolute atomic E-state index is 0. The van der Waals surface area contributed by atoms with Gasteiger partial charge in [0.2, 0.25) is 11.8 Å². The van der Waals surface area contributed by atoms with Gasteiger partial charge in [-0.15, -0.1) is 12.4 Å². The predicted molar refractivity (Wildman–Crippen MR) is 167 cm³/mol. The minimum Gasteiger partial charge on any atom is -0.497 e. The highest BCUT2D eigenvalue weighted by molar-refractivity contribution is 5.86. The third-order valence-corrected chi connectivity index (χ3v) is 8.10. The summed E-state index contributed by atoms with van der Waals surface area (Å²) in [5, 5.41) is 38.3. The van der Waals surface area contributed by atoms with Gasteiger partial charge in [-0.05, 0) is 55.9 Å². The maximum atomic E-state index is 10.8. The molecule has 0 radical (unpaired) electrons. The number of aliphatic hydroxyl groups excluding tert-OH is 3. The van der Waals surface area contributed by atoms with Crippen molar-refractivity contribution in [3.63, 3.8) is 0 Å². The van der Waals surface area contributed by atoms with Crippen LogP contribution in [0.3, 0.4) is 0 Å². The maximum absolute atomic E-state index is 10.8. The van der Waals surface area contributed by atoms with Gasteiger partial charge in [0, 0.05) is 36.6 Å². The fourth-order valence-electron chi connectivity index (χ4n) is 5.44. The van der Waals surface area contributed by atoms with Crippen LogP contribution in [0, 0.1) is 18.8 Å². The van der Waals surface area contributed by atoms with Crippen LogP contribution in [0.15, 0.2) is 40.9 Å². The van der Waals surface area contributed by atoms with Crippen LogP contribution in [0.1, 0.15) is 30.5 Å². The van der Waals surface area contributed by atoms with Crippen molar-refractivity contribution in [3.8, 4) is 28.7 Å². The summed E-state index contributed by atoms with van der Waals surface area (Å²) in [7, 11) is 3.20. The third kappa shape index (κ3) is 6.78. The summed E-state index contributed by atoms with van der Waals surface area (Å²) >= 11 is 0. The van der Waals surface area contributed by atoms with Gasteiger partial charge in [-0.2, -0.15) is 4.98 Å². The smallest absolute Gasteiger partial charge is 0.225 e. The molecule has 4 aromatic rings. The number of rotatable bonds is 12. The molecule has 0 amide bonds. The average molecular weight is 628 g/mol. The Balaban J connectivity index is 0.00000384. The SMILES string of the molecule is COc1cc(CNc2nc(C)c(-c3cc4cc(OCC5CC5)ncc4o3)c(N[C@@H]3C[C@H](CO)[C@@H](O)[C@H]3O)n2)cc(OC)c1.Cl. The van der Waals surface area contributed by atoms with Crippen molar-refractivity contribution in [3.05, 3.63) is 47.8 Å². The number of aromatic nitrogens is 3. The lowest BCUT2D eigenvalue weighted by molar-refractivity contribution is 0.00446. The van der Waals surface area contributed by atoms with E-state index < -0.39 is 24.2 Å². The molecule has 4 atom stereocenters. The largest absolute Gasteiger partial charge is 0.497 e. The van der Waals surface area contributed by atoms with E-state index in [0.29, 0.717) is 77.2 Å². The Kier molecular flexibility index (Phi) is 9.64. The molecule has 2 fully saturated rings. The standard InChI is InChI=1S/C31H37N5O7.ClH/c1-16-27(24-9-19-10-26(32-13-25(19)43-24)42-15-17-4-5-17)30(35-23-8-20(14-37)28(38)29(23)39)36-31(34-16)33-12-18-6-21(40-2)11-22(7-18)41-3;/h6-7,9-11,13,17,20,23,28-29,37-39H,4-5,8,12,14-15H2,1-3H3,(H2,33,34,35,36);1H/t20-,23-,28-,29+;/m1./s1. The van der Waals surface area contributed by atoms with Crippen LogP contribution >= 0.6 is 12.4 Å². The number of methoxy groups -OCH3 is 2. The highest BCUT2D eigenvalue weighted by Gasteiger charge is 2.41. The molecule has 1 aromatic carbocycles. The molecule has 44 heavy (non-hydrogen) atoms. The van der Waals surface area contributed by atoms with Crippen LogP contribution in [-0.2, 0) is 6.54 Å². The number of aryl methyl sites for hydroxylation is 1. The summed E-state index contributed by atoms with van der Waals surface area (Å²) in [5.74, 6) is 3.33. The van der Waals surface area contributed by atoms with Crippen molar-refractivity contribution < 1.29 is 33.9 Å². The van der Waals surface area contributed by atoms with Gasteiger partial charge in [0.15, 0.2) is 5.58 Å². The molecule has 0 bridgehead atoms. The Labute approximate surface area is 261 Å². The Hall–Kier alpha value is -3.84. The Morgan fingerprint density at radius 2 is 1.75 bits per heavy atom. The van der Waals surface area contributed by atoms with E-state index in [-0.39, 0.29) is 19.0 Å². The van der Waals surface area contributed by atoms with Crippen molar-refractivity contribution in [1.29, 1.82) is 0 Å². The number of anilines is 2. The van der Waals surface area contributed by atoms with E-state index in [9.17, 15) is 15.3 Å². The van der Waals surface area contributed by atoms with E-state index >= 15 is 0 Å². The quantitative estimate of drug-likeness (QED) is 0.154. The second-order valence-electron chi connectivity index (χ2n) is 11.3. The summed E-state index contributed by atoms with van der Waals surface area (Å²) in [6.45, 7) is 2.67. The number of nitrogens with zero attached hydrogens (tertiary/aromatic N) is 3.